The van der Waals surface area contributed by atoms with Crippen LogP contribution in [-0.2, 0) is 0 Å². The average molecular weight is 252 g/mol. The molecule has 1 aliphatic heterocycles. The standard InChI is InChI=1S/C16H32N2/c1-4-7-10-13-18-15-14-17(12-9-6-3)16(18)11-8-5-2/h14-16H,4-13H2,1-3H3. The molecular formula is C16H32N2. The first-order valence-electron chi connectivity index (χ1n) is 8.03. The molecule has 1 unspecified atom stereocenters. The minimum Gasteiger partial charge on any atom is -0.356 e. The van der Waals surface area contributed by atoms with E-state index in [-0.39, 0.29) is 0 Å². The van der Waals surface area contributed by atoms with Gasteiger partial charge in [-0.3, -0.25) is 0 Å². The second kappa shape index (κ2) is 9.29. The summed E-state index contributed by atoms with van der Waals surface area (Å²) in [5.74, 6) is 0. The number of hydrogen-bond acceptors (Lipinski definition) is 2. The van der Waals surface area contributed by atoms with Gasteiger partial charge in [-0.25, -0.2) is 0 Å². The molecule has 0 aromatic rings. The molecule has 0 spiro atoms. The SMILES string of the molecule is CCCCCN1C=CN(CCCC)C1CCCC. The predicted molar refractivity (Wildman–Crippen MR) is 80.3 cm³/mol. The van der Waals surface area contributed by atoms with Gasteiger partial charge in [0.1, 0.15) is 6.17 Å². The molecule has 0 N–H and O–H groups in total. The quantitative estimate of drug-likeness (QED) is 0.525. The maximum Gasteiger partial charge on any atom is 0.101 e. The number of rotatable bonds is 10. The normalized spacial score (nSPS) is 18.9. The van der Waals surface area contributed by atoms with Gasteiger partial charge in [-0.05, 0) is 25.7 Å². The van der Waals surface area contributed by atoms with Gasteiger partial charge in [-0.15, -0.1) is 0 Å². The van der Waals surface area contributed by atoms with Gasteiger partial charge in [-0.1, -0.05) is 46.5 Å². The first-order valence-corrected chi connectivity index (χ1v) is 8.03. The largest absolute Gasteiger partial charge is 0.356 e. The molecule has 1 aliphatic rings. The summed E-state index contributed by atoms with van der Waals surface area (Å²) in [6.07, 6.45) is 15.9. The van der Waals surface area contributed by atoms with Crippen molar-refractivity contribution in [2.75, 3.05) is 13.1 Å². The number of hydrogen-bond donors (Lipinski definition) is 0. The molecule has 0 saturated heterocycles. The van der Waals surface area contributed by atoms with Gasteiger partial charge >= 0.3 is 0 Å². The zero-order valence-electron chi connectivity index (χ0n) is 12.7. The van der Waals surface area contributed by atoms with E-state index in [1.807, 2.05) is 0 Å². The van der Waals surface area contributed by atoms with E-state index in [2.05, 4.69) is 43.0 Å². The average Bonchev–Trinajstić information content (AvgIpc) is 2.76. The van der Waals surface area contributed by atoms with Crippen LogP contribution >= 0.6 is 0 Å². The first kappa shape index (κ1) is 15.4. The molecule has 0 amide bonds. The van der Waals surface area contributed by atoms with Gasteiger partial charge in [-0.2, -0.15) is 0 Å². The van der Waals surface area contributed by atoms with Crippen molar-refractivity contribution < 1.29 is 0 Å². The Balaban J connectivity index is 2.41. The summed E-state index contributed by atoms with van der Waals surface area (Å²) in [5, 5.41) is 0. The highest BCUT2D eigenvalue weighted by Crippen LogP contribution is 2.22. The molecule has 0 aliphatic carbocycles. The van der Waals surface area contributed by atoms with Crippen molar-refractivity contribution in [3.63, 3.8) is 0 Å². The molecule has 106 valence electrons. The monoisotopic (exact) mass is 252 g/mol. The maximum atomic E-state index is 2.57. The Kier molecular flexibility index (Phi) is 7.95. The van der Waals surface area contributed by atoms with E-state index in [1.54, 1.807) is 0 Å². The van der Waals surface area contributed by atoms with Gasteiger partial charge in [0.05, 0.1) is 0 Å². The Morgan fingerprint density at radius 1 is 0.722 bits per heavy atom. The number of nitrogens with zero attached hydrogens (tertiary/aromatic N) is 2. The van der Waals surface area contributed by atoms with Crippen LogP contribution in [0.2, 0.25) is 0 Å². The highest BCUT2D eigenvalue weighted by atomic mass is 15.4. The van der Waals surface area contributed by atoms with Crippen LogP contribution in [0.1, 0.15) is 72.1 Å². The fraction of sp³-hybridized carbons (Fsp3) is 0.875. The van der Waals surface area contributed by atoms with Gasteiger partial charge in [0.25, 0.3) is 0 Å². The van der Waals surface area contributed by atoms with E-state index in [0.717, 1.165) is 0 Å². The summed E-state index contributed by atoms with van der Waals surface area (Å²) >= 11 is 0. The molecule has 0 fully saturated rings. The van der Waals surface area contributed by atoms with Crippen LogP contribution in [0.5, 0.6) is 0 Å². The zero-order valence-corrected chi connectivity index (χ0v) is 12.7. The Morgan fingerprint density at radius 2 is 1.28 bits per heavy atom. The summed E-state index contributed by atoms with van der Waals surface area (Å²) in [7, 11) is 0. The molecule has 1 atom stereocenters. The molecule has 2 nitrogen and oxygen atoms in total. The van der Waals surface area contributed by atoms with Crippen LogP contribution in [0, 0.1) is 0 Å². The molecule has 1 rings (SSSR count). The van der Waals surface area contributed by atoms with Crippen molar-refractivity contribution in [3.05, 3.63) is 12.4 Å². The van der Waals surface area contributed by atoms with Crippen LogP contribution in [0.25, 0.3) is 0 Å². The summed E-state index contributed by atoms with van der Waals surface area (Å²) in [5.41, 5.74) is 0. The predicted octanol–water partition coefficient (Wildman–Crippen LogP) is 4.58. The Labute approximate surface area is 114 Å². The van der Waals surface area contributed by atoms with Crippen molar-refractivity contribution in [1.82, 2.24) is 9.80 Å². The lowest BCUT2D eigenvalue weighted by Gasteiger charge is -2.33. The van der Waals surface area contributed by atoms with E-state index in [1.165, 1.54) is 64.5 Å². The van der Waals surface area contributed by atoms with Crippen molar-refractivity contribution in [1.29, 1.82) is 0 Å². The Hall–Kier alpha value is -0.660. The van der Waals surface area contributed by atoms with E-state index in [4.69, 9.17) is 0 Å². The van der Waals surface area contributed by atoms with Crippen LogP contribution in [0.15, 0.2) is 12.4 Å². The second-order valence-electron chi connectivity index (χ2n) is 5.46. The molecule has 0 radical (unpaired) electrons. The Morgan fingerprint density at radius 3 is 1.83 bits per heavy atom. The van der Waals surface area contributed by atoms with Gasteiger partial charge < -0.3 is 9.80 Å². The van der Waals surface area contributed by atoms with Crippen molar-refractivity contribution >= 4 is 0 Å². The lowest BCUT2D eigenvalue weighted by atomic mass is 10.1. The molecule has 0 saturated carbocycles. The van der Waals surface area contributed by atoms with Gasteiger partial charge in [0.15, 0.2) is 0 Å². The molecule has 0 aromatic carbocycles. The highest BCUT2D eigenvalue weighted by molar-refractivity contribution is 4.96. The van der Waals surface area contributed by atoms with E-state index >= 15 is 0 Å². The number of unbranched alkanes of at least 4 members (excludes halogenated alkanes) is 4. The maximum absolute atomic E-state index is 2.57. The smallest absolute Gasteiger partial charge is 0.101 e. The lowest BCUT2D eigenvalue weighted by Crippen LogP contribution is -2.39. The summed E-state index contributed by atoms with van der Waals surface area (Å²) in [4.78, 5) is 5.13. The topological polar surface area (TPSA) is 6.48 Å². The zero-order chi connectivity index (χ0) is 13.2. The van der Waals surface area contributed by atoms with Crippen LogP contribution in [0.4, 0.5) is 0 Å². The van der Waals surface area contributed by atoms with Crippen LogP contribution in [-0.4, -0.2) is 29.1 Å². The molecular weight excluding hydrogens is 220 g/mol. The third-order valence-electron chi connectivity index (χ3n) is 3.82. The van der Waals surface area contributed by atoms with E-state index < -0.39 is 0 Å². The first-order chi connectivity index (χ1) is 8.83. The van der Waals surface area contributed by atoms with Gasteiger partial charge in [0, 0.05) is 25.5 Å². The second-order valence-corrected chi connectivity index (χ2v) is 5.46. The van der Waals surface area contributed by atoms with Crippen LogP contribution < -0.4 is 0 Å². The third-order valence-corrected chi connectivity index (χ3v) is 3.82. The van der Waals surface area contributed by atoms with Crippen molar-refractivity contribution in [2.45, 2.75) is 78.3 Å². The molecule has 0 bridgehead atoms. The minimum absolute atomic E-state index is 0.647. The molecule has 0 aromatic heterocycles. The molecule has 2 heteroatoms. The van der Waals surface area contributed by atoms with E-state index in [9.17, 15) is 0 Å². The fourth-order valence-corrected chi connectivity index (χ4v) is 2.61. The summed E-state index contributed by atoms with van der Waals surface area (Å²) in [6.45, 7) is 9.31. The minimum atomic E-state index is 0.647. The fourth-order valence-electron chi connectivity index (χ4n) is 2.61. The van der Waals surface area contributed by atoms with Crippen molar-refractivity contribution in [3.8, 4) is 0 Å². The molecule has 18 heavy (non-hydrogen) atoms. The van der Waals surface area contributed by atoms with Crippen molar-refractivity contribution in [2.24, 2.45) is 0 Å². The lowest BCUT2D eigenvalue weighted by molar-refractivity contribution is 0.137. The Bertz CT molecular complexity index is 225. The third kappa shape index (κ3) is 4.91. The summed E-state index contributed by atoms with van der Waals surface area (Å²) in [6, 6.07) is 0. The van der Waals surface area contributed by atoms with Gasteiger partial charge in [0.2, 0.25) is 0 Å². The van der Waals surface area contributed by atoms with Crippen LogP contribution in [0.3, 0.4) is 0 Å². The summed E-state index contributed by atoms with van der Waals surface area (Å²) < 4.78 is 0. The highest BCUT2D eigenvalue weighted by Gasteiger charge is 2.24. The van der Waals surface area contributed by atoms with E-state index in [0.29, 0.717) is 6.17 Å². The molecule has 1 heterocycles.